The summed E-state index contributed by atoms with van der Waals surface area (Å²) < 4.78 is 40.5. The van der Waals surface area contributed by atoms with Gasteiger partial charge in [-0.3, -0.25) is 9.36 Å². The first-order chi connectivity index (χ1) is 12.8. The number of halogens is 4. The average molecular weight is 414 g/mol. The molecule has 1 aromatic carbocycles. The van der Waals surface area contributed by atoms with Gasteiger partial charge in [-0.2, -0.15) is 13.2 Å². The summed E-state index contributed by atoms with van der Waals surface area (Å²) in [5, 5.41) is 0.529. The molecule has 0 aliphatic heterocycles. The van der Waals surface area contributed by atoms with Crippen LogP contribution in [0.1, 0.15) is 37.4 Å². The fourth-order valence-electron chi connectivity index (χ4n) is 3.62. The zero-order valence-corrected chi connectivity index (χ0v) is 15.6. The Hall–Kier alpha value is -1.93. The van der Waals surface area contributed by atoms with Crippen LogP contribution in [-0.4, -0.2) is 20.7 Å². The zero-order chi connectivity index (χ0) is 19.2. The molecule has 0 N–H and O–H groups in total. The first kappa shape index (κ1) is 18.4. The van der Waals surface area contributed by atoms with E-state index in [2.05, 4.69) is 9.97 Å². The van der Waals surface area contributed by atoms with Gasteiger partial charge in [0.2, 0.25) is 0 Å². The van der Waals surface area contributed by atoms with Gasteiger partial charge in [0.25, 0.3) is 5.56 Å². The monoisotopic (exact) mass is 413 g/mol. The Morgan fingerprint density at radius 3 is 2.41 bits per heavy atom. The summed E-state index contributed by atoms with van der Waals surface area (Å²) in [4.78, 5) is 22.2. The van der Waals surface area contributed by atoms with E-state index in [-0.39, 0.29) is 29.8 Å². The number of rotatable bonds is 2. The smallest absolute Gasteiger partial charge is 0.266 e. The Bertz CT molecular complexity index is 1020. The van der Waals surface area contributed by atoms with Crippen molar-refractivity contribution in [3.8, 4) is 5.69 Å². The number of aromatic nitrogens is 3. The molecule has 1 aliphatic rings. The van der Waals surface area contributed by atoms with Crippen molar-refractivity contribution in [2.75, 3.05) is 0 Å². The Morgan fingerprint density at radius 1 is 1.11 bits per heavy atom. The van der Waals surface area contributed by atoms with E-state index < -0.39 is 12.1 Å². The molecule has 27 heavy (non-hydrogen) atoms. The van der Waals surface area contributed by atoms with Gasteiger partial charge in [0.05, 0.1) is 17.1 Å². The van der Waals surface area contributed by atoms with Crippen molar-refractivity contribution < 1.29 is 13.2 Å². The molecule has 142 valence electrons. The normalized spacial score (nSPS) is 20.9. The maximum absolute atomic E-state index is 13.0. The zero-order valence-electron chi connectivity index (χ0n) is 14.0. The van der Waals surface area contributed by atoms with E-state index in [4.69, 9.17) is 11.6 Å². The summed E-state index contributed by atoms with van der Waals surface area (Å²) in [6.45, 7) is 0. The molecule has 4 nitrogen and oxygen atoms in total. The number of hydrogen-bond acceptors (Lipinski definition) is 4. The quantitative estimate of drug-likeness (QED) is 0.570. The highest BCUT2D eigenvalue weighted by atomic mass is 35.5. The molecule has 1 saturated carbocycles. The summed E-state index contributed by atoms with van der Waals surface area (Å²) in [6.07, 6.45) is -3.39. The van der Waals surface area contributed by atoms with Crippen molar-refractivity contribution >= 4 is 33.3 Å². The van der Waals surface area contributed by atoms with E-state index in [0.717, 1.165) is 0 Å². The summed E-state index contributed by atoms with van der Waals surface area (Å²) in [6, 6.07) is 6.74. The van der Waals surface area contributed by atoms with Gasteiger partial charge in [-0.25, -0.2) is 9.97 Å². The maximum atomic E-state index is 13.0. The predicted octanol–water partition coefficient (Wildman–Crippen LogP) is 5.33. The van der Waals surface area contributed by atoms with E-state index in [1.54, 1.807) is 29.8 Å². The van der Waals surface area contributed by atoms with Crippen LogP contribution in [0.3, 0.4) is 0 Å². The van der Waals surface area contributed by atoms with Crippen molar-refractivity contribution in [3.05, 3.63) is 51.0 Å². The molecule has 0 saturated heterocycles. The molecule has 0 atom stereocenters. The van der Waals surface area contributed by atoms with Crippen molar-refractivity contribution in [3.63, 3.8) is 0 Å². The third kappa shape index (κ3) is 3.48. The minimum absolute atomic E-state index is 0.0470. The van der Waals surface area contributed by atoms with Crippen LogP contribution in [0.4, 0.5) is 13.2 Å². The SMILES string of the molecule is O=c1c2ncsc2nc(C2CCC(C(F)(F)F)CC2)n1-c1ccc(Cl)cc1. The fraction of sp³-hybridized carbons (Fsp3) is 0.389. The number of fused-ring (bicyclic) bond motifs is 1. The number of benzene rings is 1. The standard InChI is InChI=1S/C18H15ClF3N3OS/c19-12-5-7-13(8-6-12)25-15(24-16-14(17(25)26)23-9-27-16)10-1-3-11(4-2-10)18(20,21)22/h5-11H,1-4H2. The van der Waals surface area contributed by atoms with Gasteiger partial charge < -0.3 is 0 Å². The van der Waals surface area contributed by atoms with Gasteiger partial charge >= 0.3 is 6.18 Å². The lowest BCUT2D eigenvalue weighted by atomic mass is 9.81. The molecule has 4 rings (SSSR count). The molecule has 2 heterocycles. The van der Waals surface area contributed by atoms with E-state index in [9.17, 15) is 18.0 Å². The maximum Gasteiger partial charge on any atom is 0.391 e. The molecule has 0 amide bonds. The number of alkyl halides is 3. The molecular weight excluding hydrogens is 399 g/mol. The summed E-state index contributed by atoms with van der Waals surface area (Å²) in [5.41, 5.74) is 2.09. The topological polar surface area (TPSA) is 47.8 Å². The van der Waals surface area contributed by atoms with E-state index in [1.165, 1.54) is 15.9 Å². The molecule has 0 unspecified atom stereocenters. The average Bonchev–Trinajstić information content (AvgIpc) is 3.11. The van der Waals surface area contributed by atoms with Crippen molar-refractivity contribution in [1.29, 1.82) is 0 Å². The summed E-state index contributed by atoms with van der Waals surface area (Å²) in [7, 11) is 0. The van der Waals surface area contributed by atoms with E-state index in [1.807, 2.05) is 0 Å². The van der Waals surface area contributed by atoms with Gasteiger partial charge in [0.1, 0.15) is 5.82 Å². The Kier molecular flexibility index (Phi) is 4.71. The first-order valence-electron chi connectivity index (χ1n) is 8.53. The molecule has 0 bridgehead atoms. The summed E-state index contributed by atoms with van der Waals surface area (Å²) in [5.74, 6) is -0.991. The van der Waals surface area contributed by atoms with Crippen LogP contribution in [0.5, 0.6) is 0 Å². The van der Waals surface area contributed by atoms with Crippen LogP contribution in [-0.2, 0) is 0 Å². The molecule has 3 aromatic rings. The minimum atomic E-state index is -4.17. The molecule has 2 aromatic heterocycles. The predicted molar refractivity (Wildman–Crippen MR) is 98.8 cm³/mol. The lowest BCUT2D eigenvalue weighted by molar-refractivity contribution is -0.182. The number of nitrogens with zero attached hydrogens (tertiary/aromatic N) is 3. The minimum Gasteiger partial charge on any atom is -0.266 e. The number of thiazole rings is 1. The largest absolute Gasteiger partial charge is 0.391 e. The molecule has 0 radical (unpaired) electrons. The van der Waals surface area contributed by atoms with Gasteiger partial charge in [-0.15, -0.1) is 11.3 Å². The van der Waals surface area contributed by atoms with Crippen molar-refractivity contribution in [1.82, 2.24) is 14.5 Å². The lowest BCUT2D eigenvalue weighted by Gasteiger charge is -2.30. The highest BCUT2D eigenvalue weighted by Gasteiger charge is 2.42. The highest BCUT2D eigenvalue weighted by molar-refractivity contribution is 7.16. The van der Waals surface area contributed by atoms with E-state index in [0.29, 0.717) is 34.2 Å². The second kappa shape index (κ2) is 6.91. The highest BCUT2D eigenvalue weighted by Crippen LogP contribution is 2.42. The van der Waals surface area contributed by atoms with Crippen LogP contribution in [0.2, 0.25) is 5.02 Å². The Balaban J connectivity index is 1.79. The fourth-order valence-corrected chi connectivity index (χ4v) is 4.40. The first-order valence-corrected chi connectivity index (χ1v) is 9.79. The van der Waals surface area contributed by atoms with Crippen molar-refractivity contribution in [2.24, 2.45) is 5.92 Å². The third-order valence-corrected chi connectivity index (χ3v) is 6.01. The van der Waals surface area contributed by atoms with Gasteiger partial charge in [-0.1, -0.05) is 11.6 Å². The van der Waals surface area contributed by atoms with Crippen LogP contribution in [0.25, 0.3) is 16.0 Å². The van der Waals surface area contributed by atoms with Gasteiger partial charge in [-0.05, 0) is 49.9 Å². The van der Waals surface area contributed by atoms with E-state index >= 15 is 0 Å². The van der Waals surface area contributed by atoms with Crippen LogP contribution >= 0.6 is 22.9 Å². The van der Waals surface area contributed by atoms with Crippen LogP contribution in [0.15, 0.2) is 34.6 Å². The second-order valence-corrected chi connectivity index (χ2v) is 7.95. The molecule has 0 spiro atoms. The third-order valence-electron chi connectivity index (χ3n) is 5.04. The number of hydrogen-bond donors (Lipinski definition) is 0. The Morgan fingerprint density at radius 2 is 1.78 bits per heavy atom. The lowest BCUT2D eigenvalue weighted by Crippen LogP contribution is -2.30. The second-order valence-electron chi connectivity index (χ2n) is 6.68. The van der Waals surface area contributed by atoms with Crippen LogP contribution in [0, 0.1) is 5.92 Å². The Labute approximate surface area is 161 Å². The summed E-state index contributed by atoms with van der Waals surface area (Å²) >= 11 is 7.20. The molecule has 1 aliphatic carbocycles. The van der Waals surface area contributed by atoms with Crippen molar-refractivity contribution in [2.45, 2.75) is 37.8 Å². The molecule has 1 fully saturated rings. The molecular formula is C18H15ClF3N3OS. The molecule has 9 heteroatoms. The van der Waals surface area contributed by atoms with Crippen LogP contribution < -0.4 is 5.56 Å². The van der Waals surface area contributed by atoms with Gasteiger partial charge in [0.15, 0.2) is 10.3 Å². The van der Waals surface area contributed by atoms with Gasteiger partial charge in [0, 0.05) is 10.9 Å².